The Morgan fingerprint density at radius 1 is 1.16 bits per heavy atom. The standard InChI is InChI=1S/C28H30BrN3O9S2/c1-3-40-28(34)27-25(41-16-23(33)39-2)24(29)26(42-27)19-7-5-8-21(15-19)30-20-10-12-31(13-11-20)43(37,38)17-18-6-4-9-22(14-18)32(35)36/h4-9,14-15,20,30H,3,10-13,16-17H2,1-2H3. The van der Waals surface area contributed by atoms with Gasteiger partial charge in [-0.3, -0.25) is 10.1 Å². The summed E-state index contributed by atoms with van der Waals surface area (Å²) in [4.78, 5) is 35.7. The Hall–Kier alpha value is -3.53. The number of benzene rings is 2. The molecule has 0 atom stereocenters. The van der Waals surface area contributed by atoms with Crippen LogP contribution in [0.25, 0.3) is 10.4 Å². The molecule has 1 aliphatic rings. The maximum absolute atomic E-state index is 13.0. The minimum atomic E-state index is -3.65. The molecule has 0 saturated carbocycles. The summed E-state index contributed by atoms with van der Waals surface area (Å²) >= 11 is 4.69. The fourth-order valence-electron chi connectivity index (χ4n) is 4.56. The zero-order valence-corrected chi connectivity index (χ0v) is 26.6. The van der Waals surface area contributed by atoms with Gasteiger partial charge >= 0.3 is 11.9 Å². The number of nitro benzene ring substituents is 1. The van der Waals surface area contributed by atoms with Crippen LogP contribution in [-0.2, 0) is 30.0 Å². The van der Waals surface area contributed by atoms with Gasteiger partial charge in [0.05, 0.1) is 33.7 Å². The number of piperidine rings is 1. The van der Waals surface area contributed by atoms with Gasteiger partial charge in [-0.05, 0) is 59.0 Å². The van der Waals surface area contributed by atoms with Crippen LogP contribution in [0, 0.1) is 10.1 Å². The van der Waals surface area contributed by atoms with Crippen molar-refractivity contribution in [1.82, 2.24) is 4.31 Å². The van der Waals surface area contributed by atoms with Gasteiger partial charge in [0.2, 0.25) is 10.0 Å². The fraction of sp³-hybridized carbons (Fsp3) is 0.357. The number of non-ortho nitro benzene ring substituents is 1. The van der Waals surface area contributed by atoms with Gasteiger partial charge in [-0.15, -0.1) is 11.3 Å². The molecule has 1 aliphatic heterocycles. The molecule has 15 heteroatoms. The summed E-state index contributed by atoms with van der Waals surface area (Å²) in [6.45, 7) is 2.12. The van der Waals surface area contributed by atoms with Gasteiger partial charge in [-0.2, -0.15) is 0 Å². The number of anilines is 1. The number of methoxy groups -OCH3 is 1. The first-order valence-corrected chi connectivity index (χ1v) is 16.5. The number of ether oxygens (including phenoxy) is 3. The molecule has 1 N–H and O–H groups in total. The lowest BCUT2D eigenvalue weighted by molar-refractivity contribution is -0.384. The van der Waals surface area contributed by atoms with Crippen molar-refractivity contribution in [3.05, 3.63) is 73.6 Å². The predicted molar refractivity (Wildman–Crippen MR) is 165 cm³/mol. The first kappa shape index (κ1) is 32.4. The first-order chi connectivity index (χ1) is 20.5. The molecule has 0 unspecified atom stereocenters. The Balaban J connectivity index is 1.44. The van der Waals surface area contributed by atoms with Crippen LogP contribution in [0.2, 0.25) is 0 Å². The van der Waals surface area contributed by atoms with E-state index in [-0.39, 0.29) is 41.3 Å². The lowest BCUT2D eigenvalue weighted by Gasteiger charge is -2.32. The number of nitrogens with one attached hydrogen (secondary N) is 1. The van der Waals surface area contributed by atoms with E-state index in [1.165, 1.54) is 41.0 Å². The minimum Gasteiger partial charge on any atom is -0.479 e. The second kappa shape index (κ2) is 14.3. The van der Waals surface area contributed by atoms with E-state index >= 15 is 0 Å². The lowest BCUT2D eigenvalue weighted by atomic mass is 10.1. The average molecular weight is 697 g/mol. The molecule has 0 amide bonds. The topological polar surface area (TPSA) is 154 Å². The molecule has 0 spiro atoms. The van der Waals surface area contributed by atoms with Gasteiger partial charge in [0.15, 0.2) is 17.2 Å². The van der Waals surface area contributed by atoms with Gasteiger partial charge in [-0.25, -0.2) is 22.3 Å². The number of esters is 2. The van der Waals surface area contributed by atoms with Crippen LogP contribution < -0.4 is 10.1 Å². The maximum atomic E-state index is 13.0. The van der Waals surface area contributed by atoms with Crippen molar-refractivity contribution < 1.29 is 37.1 Å². The van der Waals surface area contributed by atoms with E-state index in [1.54, 1.807) is 13.0 Å². The highest BCUT2D eigenvalue weighted by Gasteiger charge is 2.29. The van der Waals surface area contributed by atoms with E-state index in [9.17, 15) is 28.1 Å². The van der Waals surface area contributed by atoms with Crippen molar-refractivity contribution in [2.75, 3.05) is 38.7 Å². The van der Waals surface area contributed by atoms with E-state index in [1.807, 2.05) is 24.3 Å². The lowest BCUT2D eigenvalue weighted by Crippen LogP contribution is -2.42. The zero-order chi connectivity index (χ0) is 31.1. The molecule has 4 rings (SSSR count). The van der Waals surface area contributed by atoms with Crippen molar-refractivity contribution in [3.8, 4) is 16.2 Å². The molecule has 0 radical (unpaired) electrons. The molecule has 0 aliphatic carbocycles. The van der Waals surface area contributed by atoms with Gasteiger partial charge in [0.25, 0.3) is 5.69 Å². The van der Waals surface area contributed by atoms with Gasteiger partial charge < -0.3 is 19.5 Å². The third-order valence-electron chi connectivity index (χ3n) is 6.65. The molecule has 3 aromatic rings. The maximum Gasteiger partial charge on any atom is 0.352 e. The Labute approximate surface area is 261 Å². The Kier molecular flexibility index (Phi) is 10.8. The Bertz CT molecular complexity index is 1600. The third-order valence-corrected chi connectivity index (χ3v) is 10.7. The summed E-state index contributed by atoms with van der Waals surface area (Å²) in [7, 11) is -2.40. The molecule has 43 heavy (non-hydrogen) atoms. The number of halogens is 1. The highest BCUT2D eigenvalue weighted by molar-refractivity contribution is 9.10. The number of carbonyl (C=O) groups excluding carboxylic acids is 2. The summed E-state index contributed by atoms with van der Waals surface area (Å²) in [5, 5.41) is 14.5. The van der Waals surface area contributed by atoms with E-state index in [0.717, 1.165) is 11.3 Å². The van der Waals surface area contributed by atoms with E-state index in [2.05, 4.69) is 26.0 Å². The zero-order valence-electron chi connectivity index (χ0n) is 23.4. The van der Waals surface area contributed by atoms with Crippen LogP contribution in [0.3, 0.4) is 0 Å². The summed E-state index contributed by atoms with van der Waals surface area (Å²) in [6, 6.07) is 13.2. The van der Waals surface area contributed by atoms with Crippen LogP contribution in [0.1, 0.15) is 35.0 Å². The van der Waals surface area contributed by atoms with Crippen molar-refractivity contribution in [2.24, 2.45) is 0 Å². The predicted octanol–water partition coefficient (Wildman–Crippen LogP) is 5.22. The van der Waals surface area contributed by atoms with Crippen molar-refractivity contribution in [1.29, 1.82) is 0 Å². The molecule has 230 valence electrons. The third kappa shape index (κ3) is 8.10. The number of thiophene rings is 1. The van der Waals surface area contributed by atoms with E-state index in [0.29, 0.717) is 40.8 Å². The molecule has 1 saturated heterocycles. The van der Waals surface area contributed by atoms with Crippen molar-refractivity contribution >= 4 is 60.6 Å². The second-order valence-corrected chi connectivity index (χ2v) is 13.4. The van der Waals surface area contributed by atoms with Crippen molar-refractivity contribution in [2.45, 2.75) is 31.6 Å². The molecule has 12 nitrogen and oxygen atoms in total. The molecular formula is C28H30BrN3O9S2. The molecule has 2 heterocycles. The smallest absolute Gasteiger partial charge is 0.352 e. The molecule has 1 fully saturated rings. The van der Waals surface area contributed by atoms with Gasteiger partial charge in [0.1, 0.15) is 0 Å². The van der Waals surface area contributed by atoms with Gasteiger partial charge in [-0.1, -0.05) is 24.3 Å². The van der Waals surface area contributed by atoms with E-state index in [4.69, 9.17) is 9.47 Å². The SMILES string of the molecule is CCOC(=O)c1sc(-c2cccc(NC3CCN(S(=O)(=O)Cc4cccc([N+](=O)[O-])c4)CC3)c2)c(Br)c1OCC(=O)OC. The molecule has 1 aromatic heterocycles. The van der Waals surface area contributed by atoms with Crippen LogP contribution in [0.5, 0.6) is 5.75 Å². The summed E-state index contributed by atoms with van der Waals surface area (Å²) in [5.41, 5.74) is 1.83. The summed E-state index contributed by atoms with van der Waals surface area (Å²) in [5.74, 6) is -1.27. The molecule has 0 bridgehead atoms. The van der Waals surface area contributed by atoms with Gasteiger partial charge in [0, 0.05) is 37.0 Å². The molecule has 2 aromatic carbocycles. The molecular weight excluding hydrogens is 666 g/mol. The monoisotopic (exact) mass is 695 g/mol. The van der Waals surface area contributed by atoms with Crippen LogP contribution >= 0.6 is 27.3 Å². The normalized spacial score (nSPS) is 14.2. The number of carbonyl (C=O) groups is 2. The number of rotatable bonds is 12. The number of hydrogen-bond donors (Lipinski definition) is 1. The Morgan fingerprint density at radius 3 is 2.56 bits per heavy atom. The fourth-order valence-corrected chi connectivity index (χ4v) is 8.05. The summed E-state index contributed by atoms with van der Waals surface area (Å²) < 4.78 is 43.4. The minimum absolute atomic E-state index is 0.0142. The number of nitro groups is 1. The second-order valence-electron chi connectivity index (χ2n) is 9.57. The van der Waals surface area contributed by atoms with Crippen LogP contribution in [0.15, 0.2) is 53.0 Å². The highest BCUT2D eigenvalue weighted by Crippen LogP contribution is 2.46. The quantitative estimate of drug-likeness (QED) is 0.151. The summed E-state index contributed by atoms with van der Waals surface area (Å²) in [6.07, 6.45) is 1.14. The first-order valence-electron chi connectivity index (χ1n) is 13.3. The highest BCUT2D eigenvalue weighted by atomic mass is 79.9. The van der Waals surface area contributed by atoms with Crippen molar-refractivity contribution in [3.63, 3.8) is 0 Å². The average Bonchev–Trinajstić information content (AvgIpc) is 3.32. The Morgan fingerprint density at radius 2 is 1.88 bits per heavy atom. The van der Waals surface area contributed by atoms with Crippen LogP contribution in [0.4, 0.5) is 11.4 Å². The number of nitrogens with zero attached hydrogens (tertiary/aromatic N) is 2. The number of hydrogen-bond acceptors (Lipinski definition) is 11. The van der Waals surface area contributed by atoms with E-state index < -0.39 is 26.9 Å². The van der Waals surface area contributed by atoms with Crippen LogP contribution in [-0.4, -0.2) is 69.0 Å². The largest absolute Gasteiger partial charge is 0.479 e. The number of sulfonamides is 1.